The zero-order chi connectivity index (χ0) is 7.40. The van der Waals surface area contributed by atoms with E-state index in [0.717, 1.165) is 10.2 Å². The fourth-order valence-electron chi connectivity index (χ4n) is 0.696. The minimum absolute atomic E-state index is 0.977. The maximum Gasteiger partial charge on any atom is 0.0767 e. The minimum Gasteiger partial charge on any atom is -0.260 e. The predicted octanol–water partition coefficient (Wildman–Crippen LogP) is 3.17. The maximum absolute atomic E-state index is 4.13. The molecule has 52 valence electrons. The van der Waals surface area contributed by atoms with Crippen LogP contribution in [0.4, 0.5) is 5.69 Å². The van der Waals surface area contributed by atoms with Gasteiger partial charge in [-0.15, -0.1) is 0 Å². The molecule has 0 unspecified atom stereocenters. The third kappa shape index (κ3) is 1.67. The van der Waals surface area contributed by atoms with Crippen molar-refractivity contribution >= 4 is 27.8 Å². The Bertz CT molecular complexity index is 243. The molecule has 1 aromatic rings. The van der Waals surface area contributed by atoms with Crippen molar-refractivity contribution in [3.63, 3.8) is 0 Å². The van der Waals surface area contributed by atoms with Crippen LogP contribution in [0.15, 0.2) is 33.7 Å². The van der Waals surface area contributed by atoms with Gasteiger partial charge in [-0.2, -0.15) is 0 Å². The van der Waals surface area contributed by atoms with Crippen molar-refractivity contribution in [2.45, 2.75) is 6.92 Å². The van der Waals surface area contributed by atoms with Gasteiger partial charge in [0.2, 0.25) is 0 Å². The van der Waals surface area contributed by atoms with Gasteiger partial charge < -0.3 is 0 Å². The Balaban J connectivity index is 3.03. The van der Waals surface area contributed by atoms with E-state index >= 15 is 0 Å². The van der Waals surface area contributed by atoms with Crippen molar-refractivity contribution in [3.8, 4) is 0 Å². The topological polar surface area (TPSA) is 12.4 Å². The highest BCUT2D eigenvalue weighted by atomic mass is 79.9. The van der Waals surface area contributed by atoms with Gasteiger partial charge in [-0.25, -0.2) is 0 Å². The molecule has 0 saturated heterocycles. The molecule has 1 aromatic carbocycles. The molecule has 2 heteroatoms. The van der Waals surface area contributed by atoms with Crippen LogP contribution >= 0.6 is 15.9 Å². The van der Waals surface area contributed by atoms with Gasteiger partial charge in [-0.05, 0) is 35.0 Å². The molecule has 0 aliphatic rings. The van der Waals surface area contributed by atoms with Crippen LogP contribution in [0.1, 0.15) is 6.92 Å². The van der Waals surface area contributed by atoms with Crippen molar-refractivity contribution in [1.29, 1.82) is 0 Å². The Hall–Kier alpha value is -0.630. The summed E-state index contributed by atoms with van der Waals surface area (Å²) >= 11 is 3.38. The highest BCUT2D eigenvalue weighted by molar-refractivity contribution is 9.10. The monoisotopic (exact) mass is 197 g/mol. The summed E-state index contributed by atoms with van der Waals surface area (Å²) in [6.07, 6.45) is 1.78. The number of rotatable bonds is 1. The summed E-state index contributed by atoms with van der Waals surface area (Å²) in [6.45, 7) is 1.90. The largest absolute Gasteiger partial charge is 0.260 e. The lowest BCUT2D eigenvalue weighted by Crippen LogP contribution is -1.66. The summed E-state index contributed by atoms with van der Waals surface area (Å²) in [4.78, 5) is 4.13. The highest BCUT2D eigenvalue weighted by Crippen LogP contribution is 2.23. The smallest absolute Gasteiger partial charge is 0.0767 e. The molecular formula is C8H8BrN. The first kappa shape index (κ1) is 7.48. The van der Waals surface area contributed by atoms with Gasteiger partial charge in [0.05, 0.1) is 5.69 Å². The van der Waals surface area contributed by atoms with Crippen molar-refractivity contribution in [3.05, 3.63) is 28.7 Å². The number of hydrogen-bond acceptors (Lipinski definition) is 1. The maximum atomic E-state index is 4.13. The second-order valence-corrected chi connectivity index (χ2v) is 2.69. The molecule has 0 aliphatic heterocycles. The molecule has 1 nitrogen and oxygen atoms in total. The third-order valence-corrected chi connectivity index (χ3v) is 1.79. The van der Waals surface area contributed by atoms with Crippen LogP contribution in [-0.4, -0.2) is 6.21 Å². The number of para-hydroxylation sites is 1. The van der Waals surface area contributed by atoms with Crippen molar-refractivity contribution in [2.75, 3.05) is 0 Å². The first-order valence-electron chi connectivity index (χ1n) is 3.08. The average molecular weight is 198 g/mol. The normalized spacial score (nSPS) is 10.6. The van der Waals surface area contributed by atoms with Gasteiger partial charge in [-0.1, -0.05) is 12.1 Å². The number of nitrogens with zero attached hydrogens (tertiary/aromatic N) is 1. The SMILES string of the molecule is CC=Nc1ccccc1Br. The van der Waals surface area contributed by atoms with Crippen molar-refractivity contribution in [1.82, 2.24) is 0 Å². The first-order valence-corrected chi connectivity index (χ1v) is 3.87. The van der Waals surface area contributed by atoms with Crippen LogP contribution in [-0.2, 0) is 0 Å². The van der Waals surface area contributed by atoms with Crippen LogP contribution < -0.4 is 0 Å². The number of halogens is 1. The van der Waals surface area contributed by atoms with E-state index in [9.17, 15) is 0 Å². The summed E-state index contributed by atoms with van der Waals surface area (Å²) in [5, 5.41) is 0. The van der Waals surface area contributed by atoms with Crippen LogP contribution in [0.5, 0.6) is 0 Å². The summed E-state index contributed by atoms with van der Waals surface area (Å²) in [6, 6.07) is 7.87. The van der Waals surface area contributed by atoms with Crippen LogP contribution in [0.3, 0.4) is 0 Å². The van der Waals surface area contributed by atoms with E-state index in [1.54, 1.807) is 6.21 Å². The molecule has 0 fully saturated rings. The Morgan fingerprint density at radius 2 is 2.10 bits per heavy atom. The fraction of sp³-hybridized carbons (Fsp3) is 0.125. The Kier molecular flexibility index (Phi) is 2.63. The molecule has 0 N–H and O–H groups in total. The van der Waals surface area contributed by atoms with E-state index in [4.69, 9.17) is 0 Å². The molecule has 0 amide bonds. The van der Waals surface area contributed by atoms with E-state index in [1.807, 2.05) is 31.2 Å². The lowest BCUT2D eigenvalue weighted by molar-refractivity contribution is 1.50. The number of benzene rings is 1. The van der Waals surface area contributed by atoms with E-state index in [0.29, 0.717) is 0 Å². The van der Waals surface area contributed by atoms with Crippen LogP contribution in [0.25, 0.3) is 0 Å². The molecule has 0 bridgehead atoms. The molecule has 1 rings (SSSR count). The molecule has 0 heterocycles. The quantitative estimate of drug-likeness (QED) is 0.614. The van der Waals surface area contributed by atoms with Gasteiger partial charge in [0.15, 0.2) is 0 Å². The van der Waals surface area contributed by atoms with Gasteiger partial charge in [0.1, 0.15) is 0 Å². The number of hydrogen-bond donors (Lipinski definition) is 0. The third-order valence-electron chi connectivity index (χ3n) is 1.12. The lowest BCUT2D eigenvalue weighted by atomic mass is 10.3. The predicted molar refractivity (Wildman–Crippen MR) is 48.0 cm³/mol. The van der Waals surface area contributed by atoms with Gasteiger partial charge >= 0.3 is 0 Å². The average Bonchev–Trinajstić information content (AvgIpc) is 1.94. The van der Waals surface area contributed by atoms with Crippen LogP contribution in [0, 0.1) is 0 Å². The van der Waals surface area contributed by atoms with Gasteiger partial charge in [0.25, 0.3) is 0 Å². The molecule has 0 saturated carbocycles. The summed E-state index contributed by atoms with van der Waals surface area (Å²) < 4.78 is 1.04. The van der Waals surface area contributed by atoms with E-state index in [2.05, 4.69) is 20.9 Å². The Morgan fingerprint density at radius 1 is 1.40 bits per heavy atom. The fourth-order valence-corrected chi connectivity index (χ4v) is 1.08. The summed E-state index contributed by atoms with van der Waals surface area (Å²) in [5.41, 5.74) is 0.977. The molecule has 0 aliphatic carbocycles. The molecular weight excluding hydrogens is 190 g/mol. The van der Waals surface area contributed by atoms with Crippen molar-refractivity contribution < 1.29 is 0 Å². The highest BCUT2D eigenvalue weighted by Gasteiger charge is 1.91. The Labute approximate surface area is 68.9 Å². The standard InChI is InChI=1S/C8H8BrN/c1-2-10-8-6-4-3-5-7(8)9/h2-6H,1H3. The zero-order valence-electron chi connectivity index (χ0n) is 5.71. The van der Waals surface area contributed by atoms with E-state index in [1.165, 1.54) is 0 Å². The van der Waals surface area contributed by atoms with Gasteiger partial charge in [0, 0.05) is 10.7 Å². The van der Waals surface area contributed by atoms with Crippen molar-refractivity contribution in [2.24, 2.45) is 4.99 Å². The zero-order valence-corrected chi connectivity index (χ0v) is 7.30. The van der Waals surface area contributed by atoms with E-state index in [-0.39, 0.29) is 0 Å². The molecule has 0 radical (unpaired) electrons. The second-order valence-electron chi connectivity index (χ2n) is 1.84. The molecule has 0 aromatic heterocycles. The minimum atomic E-state index is 0.977. The van der Waals surface area contributed by atoms with Crippen LogP contribution in [0.2, 0.25) is 0 Å². The first-order chi connectivity index (χ1) is 4.84. The molecule has 0 spiro atoms. The Morgan fingerprint density at radius 3 is 2.70 bits per heavy atom. The van der Waals surface area contributed by atoms with E-state index < -0.39 is 0 Å². The molecule has 10 heavy (non-hydrogen) atoms. The second kappa shape index (κ2) is 3.52. The number of aliphatic imine (C=N–C) groups is 1. The lowest BCUT2D eigenvalue weighted by Gasteiger charge is -1.93. The summed E-state index contributed by atoms with van der Waals surface area (Å²) in [7, 11) is 0. The van der Waals surface area contributed by atoms with Gasteiger partial charge in [-0.3, -0.25) is 4.99 Å². The summed E-state index contributed by atoms with van der Waals surface area (Å²) in [5.74, 6) is 0. The molecule has 0 atom stereocenters.